The monoisotopic (exact) mass is 276 g/mol. The van der Waals surface area contributed by atoms with Gasteiger partial charge in [-0.1, -0.05) is 6.92 Å². The van der Waals surface area contributed by atoms with Gasteiger partial charge in [-0.25, -0.2) is 4.98 Å². The van der Waals surface area contributed by atoms with Crippen LogP contribution in [0.25, 0.3) is 0 Å². The molecule has 5 nitrogen and oxygen atoms in total. The minimum atomic E-state index is -0.202. The number of hydrogen-bond acceptors (Lipinski definition) is 5. The molecular formula is C13H16N4OS. The Morgan fingerprint density at radius 3 is 2.58 bits per heavy atom. The normalized spacial score (nSPS) is 10.4. The topological polar surface area (TPSA) is 94.0 Å². The molecule has 1 heterocycles. The van der Waals surface area contributed by atoms with Gasteiger partial charge in [0.15, 0.2) is 0 Å². The summed E-state index contributed by atoms with van der Waals surface area (Å²) in [4.78, 5) is 17.4. The van der Waals surface area contributed by atoms with E-state index in [0.29, 0.717) is 23.5 Å². The molecule has 5 N–H and O–H groups in total. The van der Waals surface area contributed by atoms with Crippen molar-refractivity contribution in [1.29, 1.82) is 0 Å². The summed E-state index contributed by atoms with van der Waals surface area (Å²) in [6.07, 6.45) is 2.79. The number of nitrogens with zero attached hydrogens (tertiary/aromatic N) is 1. The quantitative estimate of drug-likeness (QED) is 0.742. The maximum Gasteiger partial charge on any atom is 0.251 e. The summed E-state index contributed by atoms with van der Waals surface area (Å²) in [5.74, 6) is -0.202. The van der Waals surface area contributed by atoms with E-state index in [-0.39, 0.29) is 5.91 Å². The third kappa shape index (κ3) is 3.45. The van der Waals surface area contributed by atoms with Gasteiger partial charge in [0, 0.05) is 28.0 Å². The smallest absolute Gasteiger partial charge is 0.251 e. The summed E-state index contributed by atoms with van der Waals surface area (Å²) in [6.45, 7) is 2.49. The first kappa shape index (κ1) is 13.4. The van der Waals surface area contributed by atoms with Crippen LogP contribution in [0.15, 0.2) is 24.4 Å². The first-order valence-electron chi connectivity index (χ1n) is 5.96. The summed E-state index contributed by atoms with van der Waals surface area (Å²) in [5.41, 5.74) is 12.7. The summed E-state index contributed by atoms with van der Waals surface area (Å²) in [7, 11) is 0. The summed E-state index contributed by atoms with van der Waals surface area (Å²) < 4.78 is 0. The van der Waals surface area contributed by atoms with Gasteiger partial charge in [-0.15, -0.1) is 11.3 Å². The van der Waals surface area contributed by atoms with Gasteiger partial charge in [-0.2, -0.15) is 0 Å². The van der Waals surface area contributed by atoms with E-state index in [4.69, 9.17) is 11.5 Å². The van der Waals surface area contributed by atoms with Gasteiger partial charge in [-0.05, 0) is 24.6 Å². The highest BCUT2D eigenvalue weighted by atomic mass is 32.1. The van der Waals surface area contributed by atoms with E-state index in [1.807, 2.05) is 6.20 Å². The molecule has 19 heavy (non-hydrogen) atoms. The van der Waals surface area contributed by atoms with Gasteiger partial charge in [0.25, 0.3) is 5.91 Å². The third-order valence-electron chi connectivity index (χ3n) is 2.59. The Labute approximate surface area is 115 Å². The standard InChI is InChI=1S/C13H16N4OS/c1-2-11-6-16-12(19-11)7-17-13(18)8-3-9(14)5-10(15)4-8/h3-6H,2,7,14-15H2,1H3,(H,17,18). The highest BCUT2D eigenvalue weighted by Crippen LogP contribution is 2.15. The number of thiazole rings is 1. The van der Waals surface area contributed by atoms with Crippen LogP contribution >= 0.6 is 11.3 Å². The van der Waals surface area contributed by atoms with E-state index < -0.39 is 0 Å². The number of carbonyl (C=O) groups excluding carboxylic acids is 1. The molecule has 0 saturated carbocycles. The van der Waals surface area contributed by atoms with Crippen LogP contribution in [0.4, 0.5) is 11.4 Å². The van der Waals surface area contributed by atoms with Crippen LogP contribution in [0, 0.1) is 0 Å². The maximum absolute atomic E-state index is 12.0. The van der Waals surface area contributed by atoms with E-state index in [2.05, 4.69) is 17.2 Å². The van der Waals surface area contributed by atoms with E-state index in [1.165, 1.54) is 4.88 Å². The minimum absolute atomic E-state index is 0.202. The molecule has 2 rings (SSSR count). The minimum Gasteiger partial charge on any atom is -0.399 e. The van der Waals surface area contributed by atoms with Gasteiger partial charge < -0.3 is 16.8 Å². The average molecular weight is 276 g/mol. The molecule has 0 atom stereocenters. The number of nitrogen functional groups attached to an aromatic ring is 2. The highest BCUT2D eigenvalue weighted by molar-refractivity contribution is 7.11. The number of rotatable bonds is 4. The van der Waals surface area contributed by atoms with Crippen molar-refractivity contribution in [1.82, 2.24) is 10.3 Å². The molecule has 0 aliphatic carbocycles. The summed E-state index contributed by atoms with van der Waals surface area (Å²) >= 11 is 1.60. The van der Waals surface area contributed by atoms with Crippen molar-refractivity contribution < 1.29 is 4.79 Å². The predicted octanol–water partition coefficient (Wildman–Crippen LogP) is 1.80. The third-order valence-corrected chi connectivity index (χ3v) is 3.73. The number of anilines is 2. The largest absolute Gasteiger partial charge is 0.399 e. The van der Waals surface area contributed by atoms with Crippen LogP contribution in [-0.4, -0.2) is 10.9 Å². The average Bonchev–Trinajstić information content (AvgIpc) is 2.82. The molecule has 0 aliphatic rings. The number of aromatic nitrogens is 1. The molecule has 100 valence electrons. The predicted molar refractivity (Wildman–Crippen MR) is 77.9 cm³/mol. The summed E-state index contributed by atoms with van der Waals surface area (Å²) in [6, 6.07) is 4.82. The first-order valence-corrected chi connectivity index (χ1v) is 6.78. The van der Waals surface area contributed by atoms with E-state index in [9.17, 15) is 4.79 Å². The Morgan fingerprint density at radius 1 is 1.32 bits per heavy atom. The van der Waals surface area contributed by atoms with E-state index in [0.717, 1.165) is 11.4 Å². The molecule has 0 aliphatic heterocycles. The number of carbonyl (C=O) groups is 1. The Morgan fingerprint density at radius 2 is 2.00 bits per heavy atom. The van der Waals surface area contributed by atoms with Crippen molar-refractivity contribution in [2.45, 2.75) is 19.9 Å². The zero-order valence-electron chi connectivity index (χ0n) is 10.6. The lowest BCUT2D eigenvalue weighted by Crippen LogP contribution is -2.22. The first-order chi connectivity index (χ1) is 9.08. The Hall–Kier alpha value is -2.08. The molecule has 1 aromatic heterocycles. The Bertz CT molecular complexity index is 574. The molecular weight excluding hydrogens is 260 g/mol. The van der Waals surface area contributed by atoms with Gasteiger partial charge in [0.1, 0.15) is 5.01 Å². The number of aryl methyl sites for hydroxylation is 1. The van der Waals surface area contributed by atoms with Crippen molar-refractivity contribution >= 4 is 28.6 Å². The molecule has 0 saturated heterocycles. The van der Waals surface area contributed by atoms with Crippen LogP contribution in [0.2, 0.25) is 0 Å². The van der Waals surface area contributed by atoms with Crippen molar-refractivity contribution in [3.8, 4) is 0 Å². The van der Waals surface area contributed by atoms with Gasteiger partial charge in [0.05, 0.1) is 6.54 Å². The molecule has 0 fully saturated rings. The Balaban J connectivity index is 2.00. The fraction of sp³-hybridized carbons (Fsp3) is 0.231. The number of amides is 1. The van der Waals surface area contributed by atoms with Gasteiger partial charge in [-0.3, -0.25) is 4.79 Å². The molecule has 6 heteroatoms. The summed E-state index contributed by atoms with van der Waals surface area (Å²) in [5, 5.41) is 3.70. The molecule has 0 spiro atoms. The Kier molecular flexibility index (Phi) is 4.01. The van der Waals surface area contributed by atoms with Crippen LogP contribution in [0.5, 0.6) is 0 Å². The lowest BCUT2D eigenvalue weighted by Gasteiger charge is -2.05. The van der Waals surface area contributed by atoms with Gasteiger partial charge >= 0.3 is 0 Å². The van der Waals surface area contributed by atoms with Crippen LogP contribution < -0.4 is 16.8 Å². The molecule has 0 bridgehead atoms. The second kappa shape index (κ2) is 5.71. The van der Waals surface area contributed by atoms with Crippen molar-refractivity contribution in [2.24, 2.45) is 0 Å². The number of benzene rings is 1. The molecule has 0 radical (unpaired) electrons. The van der Waals surface area contributed by atoms with Gasteiger partial charge in [0.2, 0.25) is 0 Å². The molecule has 1 amide bonds. The van der Waals surface area contributed by atoms with Crippen LogP contribution in [0.1, 0.15) is 27.2 Å². The van der Waals surface area contributed by atoms with E-state index in [1.54, 1.807) is 29.5 Å². The second-order valence-electron chi connectivity index (χ2n) is 4.14. The number of hydrogen-bond donors (Lipinski definition) is 3. The van der Waals surface area contributed by atoms with Crippen LogP contribution in [-0.2, 0) is 13.0 Å². The molecule has 2 aromatic rings. The second-order valence-corrected chi connectivity index (χ2v) is 5.34. The fourth-order valence-electron chi connectivity index (χ4n) is 1.66. The van der Waals surface area contributed by atoms with Crippen LogP contribution in [0.3, 0.4) is 0 Å². The van der Waals surface area contributed by atoms with Crippen molar-refractivity contribution in [3.63, 3.8) is 0 Å². The van der Waals surface area contributed by atoms with Crippen molar-refractivity contribution in [3.05, 3.63) is 39.8 Å². The SMILES string of the molecule is CCc1cnc(CNC(=O)c2cc(N)cc(N)c2)s1. The fourth-order valence-corrected chi connectivity index (χ4v) is 2.46. The lowest BCUT2D eigenvalue weighted by molar-refractivity contribution is 0.0951. The lowest BCUT2D eigenvalue weighted by atomic mass is 10.1. The zero-order chi connectivity index (χ0) is 13.8. The molecule has 1 aromatic carbocycles. The molecule has 0 unspecified atom stereocenters. The number of nitrogens with two attached hydrogens (primary N) is 2. The number of nitrogens with one attached hydrogen (secondary N) is 1. The zero-order valence-corrected chi connectivity index (χ0v) is 11.5. The highest BCUT2D eigenvalue weighted by Gasteiger charge is 2.08. The maximum atomic E-state index is 12.0. The van der Waals surface area contributed by atoms with E-state index >= 15 is 0 Å². The van der Waals surface area contributed by atoms with Crippen molar-refractivity contribution in [2.75, 3.05) is 11.5 Å².